The van der Waals surface area contributed by atoms with Crippen LogP contribution in [0.4, 0.5) is 0 Å². The molecule has 0 amide bonds. The summed E-state index contributed by atoms with van der Waals surface area (Å²) in [4.78, 5) is 5.56. The van der Waals surface area contributed by atoms with Crippen molar-refractivity contribution in [2.75, 3.05) is 14.1 Å². The molecular formula is C5H11N3. The fourth-order valence-electron chi connectivity index (χ4n) is 0.209. The minimum absolute atomic E-state index is 0.847. The Morgan fingerprint density at radius 2 is 2.12 bits per heavy atom. The van der Waals surface area contributed by atoms with Gasteiger partial charge in [-0.15, -0.1) is 0 Å². The van der Waals surface area contributed by atoms with Crippen LogP contribution in [0.2, 0.25) is 0 Å². The van der Waals surface area contributed by atoms with Crippen LogP contribution in [0, 0.1) is 5.41 Å². The molecule has 0 aromatic heterocycles. The van der Waals surface area contributed by atoms with Crippen molar-refractivity contribution in [3.05, 3.63) is 0 Å². The molecule has 0 spiro atoms. The van der Waals surface area contributed by atoms with Crippen molar-refractivity contribution >= 4 is 12.2 Å². The number of nitrogens with zero attached hydrogens (tertiary/aromatic N) is 2. The molecule has 3 heteroatoms. The zero-order valence-corrected chi connectivity index (χ0v) is 5.47. The highest BCUT2D eigenvalue weighted by Crippen LogP contribution is 1.77. The number of nitrogens with one attached hydrogen (secondary N) is 1. The zero-order chi connectivity index (χ0) is 6.57. The number of amidine groups is 1. The molecule has 0 rings (SSSR count). The first-order valence-electron chi connectivity index (χ1n) is 2.39. The molecule has 0 radical (unpaired) electrons. The van der Waals surface area contributed by atoms with E-state index in [0.29, 0.717) is 0 Å². The lowest BCUT2D eigenvalue weighted by atomic mass is 10.6. The topological polar surface area (TPSA) is 39.5 Å². The average molecular weight is 113 g/mol. The van der Waals surface area contributed by atoms with E-state index >= 15 is 0 Å². The summed E-state index contributed by atoms with van der Waals surface area (Å²) in [7, 11) is 3.78. The van der Waals surface area contributed by atoms with Crippen LogP contribution in [-0.4, -0.2) is 31.2 Å². The van der Waals surface area contributed by atoms with E-state index in [1.165, 1.54) is 0 Å². The maximum absolute atomic E-state index is 6.59. The largest absolute Gasteiger partial charge is 0.366 e. The fraction of sp³-hybridized carbons (Fsp3) is 0.600. The third-order valence-corrected chi connectivity index (χ3v) is 0.899. The van der Waals surface area contributed by atoms with Crippen molar-refractivity contribution in [2.24, 2.45) is 4.99 Å². The predicted octanol–water partition coefficient (Wildman–Crippen LogP) is 0.573. The van der Waals surface area contributed by atoms with E-state index in [-0.39, 0.29) is 0 Å². The molecule has 0 fully saturated rings. The molecule has 0 saturated heterocycles. The van der Waals surface area contributed by atoms with Gasteiger partial charge in [0, 0.05) is 14.1 Å². The Balaban J connectivity index is 3.78. The highest BCUT2D eigenvalue weighted by Gasteiger charge is 1.86. The molecule has 0 unspecified atom stereocenters. The van der Waals surface area contributed by atoms with Crippen molar-refractivity contribution in [3.63, 3.8) is 0 Å². The quantitative estimate of drug-likeness (QED) is 0.392. The zero-order valence-electron chi connectivity index (χ0n) is 5.47. The third kappa shape index (κ3) is 2.34. The first kappa shape index (κ1) is 7.14. The summed E-state index contributed by atoms with van der Waals surface area (Å²) < 4.78 is 0. The lowest BCUT2D eigenvalue weighted by Gasteiger charge is -2.08. The Bertz CT molecular complexity index is 104. The van der Waals surface area contributed by atoms with Gasteiger partial charge in [0.25, 0.3) is 0 Å². The van der Waals surface area contributed by atoms with E-state index in [9.17, 15) is 0 Å². The van der Waals surface area contributed by atoms with Gasteiger partial charge in [-0.05, 0) is 6.92 Å². The van der Waals surface area contributed by atoms with Crippen LogP contribution in [0.3, 0.4) is 0 Å². The highest BCUT2D eigenvalue weighted by molar-refractivity contribution is 5.85. The van der Waals surface area contributed by atoms with Crippen LogP contribution in [0.5, 0.6) is 0 Å². The minimum atomic E-state index is 0.847. The molecular weight excluding hydrogens is 102 g/mol. The van der Waals surface area contributed by atoms with Crippen molar-refractivity contribution in [1.29, 1.82) is 5.41 Å². The monoisotopic (exact) mass is 113 g/mol. The predicted molar refractivity (Wildman–Crippen MR) is 35.6 cm³/mol. The van der Waals surface area contributed by atoms with E-state index in [4.69, 9.17) is 5.41 Å². The second kappa shape index (κ2) is 3.18. The van der Waals surface area contributed by atoms with Gasteiger partial charge >= 0.3 is 0 Å². The summed E-state index contributed by atoms with van der Waals surface area (Å²) >= 11 is 0. The molecule has 8 heavy (non-hydrogen) atoms. The SMILES string of the molecule is CC(=NC=N)N(C)C. The molecule has 3 nitrogen and oxygen atoms in total. The van der Waals surface area contributed by atoms with Gasteiger partial charge in [0.1, 0.15) is 12.2 Å². The fourth-order valence-corrected chi connectivity index (χ4v) is 0.209. The van der Waals surface area contributed by atoms with Gasteiger partial charge in [0.15, 0.2) is 0 Å². The summed E-state index contributed by atoms with van der Waals surface area (Å²) in [6, 6.07) is 0. The van der Waals surface area contributed by atoms with Crippen molar-refractivity contribution in [1.82, 2.24) is 4.90 Å². The summed E-state index contributed by atoms with van der Waals surface area (Å²) in [6.07, 6.45) is 1.04. The Kier molecular flexibility index (Phi) is 2.84. The van der Waals surface area contributed by atoms with Crippen molar-refractivity contribution in [2.45, 2.75) is 6.92 Å². The first-order valence-corrected chi connectivity index (χ1v) is 2.39. The number of hydrogen-bond donors (Lipinski definition) is 1. The van der Waals surface area contributed by atoms with Crippen LogP contribution in [0.15, 0.2) is 4.99 Å². The van der Waals surface area contributed by atoms with Crippen LogP contribution < -0.4 is 0 Å². The van der Waals surface area contributed by atoms with Gasteiger partial charge in [-0.1, -0.05) is 0 Å². The highest BCUT2D eigenvalue weighted by atomic mass is 15.1. The van der Waals surface area contributed by atoms with Crippen LogP contribution in [0.25, 0.3) is 0 Å². The molecule has 0 atom stereocenters. The van der Waals surface area contributed by atoms with E-state index in [1.54, 1.807) is 0 Å². The van der Waals surface area contributed by atoms with Gasteiger partial charge in [0.2, 0.25) is 0 Å². The molecule has 0 aliphatic carbocycles. The minimum Gasteiger partial charge on any atom is -0.366 e. The normalized spacial score (nSPS) is 11.1. The molecule has 0 aliphatic rings. The van der Waals surface area contributed by atoms with E-state index in [0.717, 1.165) is 12.2 Å². The summed E-state index contributed by atoms with van der Waals surface area (Å²) in [5, 5.41) is 6.59. The molecule has 1 N–H and O–H groups in total. The van der Waals surface area contributed by atoms with Gasteiger partial charge in [0.05, 0.1) is 0 Å². The summed E-state index contributed by atoms with van der Waals surface area (Å²) in [5.41, 5.74) is 0. The summed E-state index contributed by atoms with van der Waals surface area (Å²) in [5.74, 6) is 0.847. The smallest absolute Gasteiger partial charge is 0.109 e. The first-order chi connectivity index (χ1) is 3.68. The van der Waals surface area contributed by atoms with Crippen LogP contribution >= 0.6 is 0 Å². The number of hydrogen-bond acceptors (Lipinski definition) is 1. The molecule has 0 aromatic carbocycles. The number of rotatable bonds is 1. The lowest BCUT2D eigenvalue weighted by Crippen LogP contribution is -2.18. The maximum Gasteiger partial charge on any atom is 0.109 e. The molecule has 0 aliphatic heterocycles. The van der Waals surface area contributed by atoms with Crippen LogP contribution in [-0.2, 0) is 0 Å². The van der Waals surface area contributed by atoms with Crippen molar-refractivity contribution < 1.29 is 0 Å². The Morgan fingerprint density at radius 3 is 2.25 bits per heavy atom. The van der Waals surface area contributed by atoms with Gasteiger partial charge in [-0.25, -0.2) is 4.99 Å². The second-order valence-corrected chi connectivity index (χ2v) is 1.70. The molecule has 0 heterocycles. The Hall–Kier alpha value is -0.860. The Labute approximate surface area is 49.5 Å². The van der Waals surface area contributed by atoms with Gasteiger partial charge in [-0.3, -0.25) is 5.41 Å². The van der Waals surface area contributed by atoms with Gasteiger partial charge < -0.3 is 4.90 Å². The Morgan fingerprint density at radius 1 is 1.62 bits per heavy atom. The average Bonchev–Trinajstić information content (AvgIpc) is 1.67. The van der Waals surface area contributed by atoms with Gasteiger partial charge in [-0.2, -0.15) is 0 Å². The van der Waals surface area contributed by atoms with E-state index in [2.05, 4.69) is 4.99 Å². The van der Waals surface area contributed by atoms with Crippen molar-refractivity contribution in [3.8, 4) is 0 Å². The molecule has 0 bridgehead atoms. The standard InChI is InChI=1S/C5H11N3/c1-5(7-4-6)8(2)3/h4,6H,1-3H3. The summed E-state index contributed by atoms with van der Waals surface area (Å²) in [6.45, 7) is 1.85. The molecule has 0 aromatic rings. The number of aliphatic imine (C=N–C) groups is 1. The van der Waals surface area contributed by atoms with E-state index in [1.807, 2.05) is 25.9 Å². The maximum atomic E-state index is 6.59. The molecule has 46 valence electrons. The second-order valence-electron chi connectivity index (χ2n) is 1.70. The molecule has 0 saturated carbocycles. The van der Waals surface area contributed by atoms with E-state index < -0.39 is 0 Å². The lowest BCUT2D eigenvalue weighted by molar-refractivity contribution is 0.620. The third-order valence-electron chi connectivity index (χ3n) is 0.899. The van der Waals surface area contributed by atoms with Crippen LogP contribution in [0.1, 0.15) is 6.92 Å².